The molecule has 6 heteroatoms. The minimum Gasteiger partial charge on any atom is -0.357 e. The number of anilines is 1. The Bertz CT molecular complexity index is 967. The molecule has 0 saturated heterocycles. The lowest BCUT2D eigenvalue weighted by Crippen LogP contribution is -2.14. The van der Waals surface area contributed by atoms with Crippen LogP contribution in [0.4, 0.5) is 5.69 Å². The third kappa shape index (κ3) is 4.65. The van der Waals surface area contributed by atoms with Gasteiger partial charge in [0.15, 0.2) is 5.43 Å². The standard InChI is InChI=1S/C19H17ClN2O2S/c1-12-2-5-14(6-3-12)22-19(24)11-25-10-15-9-18(23)16-8-13(20)4-7-17(16)21-15/h2-9H,10-11H2,1H3,(H,21,23)(H,22,24). The average Bonchev–Trinajstić information content (AvgIpc) is 2.58. The second-order valence-corrected chi connectivity index (χ2v) is 7.18. The number of H-pyrrole nitrogens is 1. The second kappa shape index (κ2) is 7.76. The van der Waals surface area contributed by atoms with Gasteiger partial charge in [-0.2, -0.15) is 0 Å². The van der Waals surface area contributed by atoms with Crippen molar-refractivity contribution in [2.24, 2.45) is 0 Å². The van der Waals surface area contributed by atoms with Crippen LogP contribution in [0.3, 0.4) is 0 Å². The molecule has 3 rings (SSSR count). The van der Waals surface area contributed by atoms with Gasteiger partial charge in [0.1, 0.15) is 0 Å². The van der Waals surface area contributed by atoms with E-state index in [1.807, 2.05) is 31.2 Å². The summed E-state index contributed by atoms with van der Waals surface area (Å²) in [7, 11) is 0. The molecule has 0 unspecified atom stereocenters. The highest BCUT2D eigenvalue weighted by molar-refractivity contribution is 7.99. The molecule has 1 amide bonds. The SMILES string of the molecule is Cc1ccc(NC(=O)CSCc2cc(=O)c3cc(Cl)ccc3[nH]2)cc1. The highest BCUT2D eigenvalue weighted by Gasteiger charge is 2.06. The fraction of sp³-hybridized carbons (Fsp3) is 0.158. The predicted molar refractivity (Wildman–Crippen MR) is 106 cm³/mol. The van der Waals surface area contributed by atoms with Crippen LogP contribution in [0, 0.1) is 6.92 Å². The lowest BCUT2D eigenvalue weighted by molar-refractivity contribution is -0.113. The van der Waals surface area contributed by atoms with Crippen LogP contribution in [0.2, 0.25) is 5.02 Å². The summed E-state index contributed by atoms with van der Waals surface area (Å²) < 4.78 is 0. The average molecular weight is 373 g/mol. The third-order valence-corrected chi connectivity index (χ3v) is 4.89. The number of thioether (sulfide) groups is 1. The Kier molecular flexibility index (Phi) is 5.46. The molecule has 1 heterocycles. The summed E-state index contributed by atoms with van der Waals surface area (Å²) in [5.74, 6) is 0.799. The van der Waals surface area contributed by atoms with E-state index in [9.17, 15) is 9.59 Å². The predicted octanol–water partition coefficient (Wildman–Crippen LogP) is 4.36. The Balaban J connectivity index is 1.59. The molecule has 0 atom stereocenters. The molecular weight excluding hydrogens is 356 g/mol. The summed E-state index contributed by atoms with van der Waals surface area (Å²) in [5, 5.41) is 3.96. The number of aromatic nitrogens is 1. The molecule has 25 heavy (non-hydrogen) atoms. The van der Waals surface area contributed by atoms with Crippen LogP contribution in [0.1, 0.15) is 11.3 Å². The Morgan fingerprint density at radius 3 is 2.68 bits per heavy atom. The fourth-order valence-electron chi connectivity index (χ4n) is 2.44. The van der Waals surface area contributed by atoms with Crippen molar-refractivity contribution < 1.29 is 4.79 Å². The summed E-state index contributed by atoms with van der Waals surface area (Å²) >= 11 is 7.37. The van der Waals surface area contributed by atoms with Gasteiger partial charge in [-0.1, -0.05) is 29.3 Å². The first-order chi connectivity index (χ1) is 12.0. The molecule has 0 saturated carbocycles. The topological polar surface area (TPSA) is 62.0 Å². The van der Waals surface area contributed by atoms with Crippen molar-refractivity contribution in [1.82, 2.24) is 4.98 Å². The fourth-order valence-corrected chi connectivity index (χ4v) is 3.35. The van der Waals surface area contributed by atoms with Gasteiger partial charge < -0.3 is 10.3 Å². The van der Waals surface area contributed by atoms with E-state index in [1.54, 1.807) is 24.3 Å². The number of amides is 1. The van der Waals surface area contributed by atoms with E-state index in [0.29, 0.717) is 21.9 Å². The van der Waals surface area contributed by atoms with Crippen LogP contribution >= 0.6 is 23.4 Å². The molecule has 0 radical (unpaired) electrons. The minimum atomic E-state index is -0.0732. The third-order valence-electron chi connectivity index (χ3n) is 3.67. The van der Waals surface area contributed by atoms with Crippen LogP contribution in [0.15, 0.2) is 53.3 Å². The van der Waals surface area contributed by atoms with E-state index in [0.717, 1.165) is 22.5 Å². The molecule has 3 aromatic rings. The number of benzene rings is 2. The van der Waals surface area contributed by atoms with Crippen molar-refractivity contribution in [2.75, 3.05) is 11.1 Å². The number of hydrogen-bond donors (Lipinski definition) is 2. The maximum atomic E-state index is 12.2. The number of halogens is 1. The quantitative estimate of drug-likeness (QED) is 0.699. The zero-order chi connectivity index (χ0) is 17.8. The van der Waals surface area contributed by atoms with Crippen molar-refractivity contribution in [3.63, 3.8) is 0 Å². The zero-order valence-electron chi connectivity index (χ0n) is 13.6. The van der Waals surface area contributed by atoms with Gasteiger partial charge in [0.2, 0.25) is 5.91 Å². The highest BCUT2D eigenvalue weighted by atomic mass is 35.5. The van der Waals surface area contributed by atoms with E-state index < -0.39 is 0 Å². The largest absolute Gasteiger partial charge is 0.357 e. The molecule has 2 N–H and O–H groups in total. The van der Waals surface area contributed by atoms with Crippen molar-refractivity contribution in [3.8, 4) is 0 Å². The Morgan fingerprint density at radius 2 is 1.92 bits per heavy atom. The maximum Gasteiger partial charge on any atom is 0.234 e. The number of nitrogens with one attached hydrogen (secondary N) is 2. The number of hydrogen-bond acceptors (Lipinski definition) is 3. The van der Waals surface area contributed by atoms with Gasteiger partial charge in [0, 0.05) is 39.1 Å². The number of carbonyl (C=O) groups is 1. The van der Waals surface area contributed by atoms with Crippen LogP contribution in [0.5, 0.6) is 0 Å². The number of rotatable bonds is 5. The first kappa shape index (κ1) is 17.6. The molecule has 128 valence electrons. The van der Waals surface area contributed by atoms with Crippen molar-refractivity contribution >= 4 is 45.9 Å². The summed E-state index contributed by atoms with van der Waals surface area (Å²) in [6, 6.07) is 14.4. The smallest absolute Gasteiger partial charge is 0.234 e. The molecule has 0 aliphatic carbocycles. The molecule has 2 aromatic carbocycles. The van der Waals surface area contributed by atoms with Crippen LogP contribution in [0.25, 0.3) is 10.9 Å². The number of carbonyl (C=O) groups excluding carboxylic acids is 1. The van der Waals surface area contributed by atoms with Crippen LogP contribution in [-0.4, -0.2) is 16.6 Å². The summed E-state index contributed by atoms with van der Waals surface area (Å²) in [5.41, 5.74) is 3.39. The van der Waals surface area contributed by atoms with Gasteiger partial charge in [0.05, 0.1) is 5.75 Å². The number of fused-ring (bicyclic) bond motifs is 1. The van der Waals surface area contributed by atoms with Gasteiger partial charge >= 0.3 is 0 Å². The van der Waals surface area contributed by atoms with Gasteiger partial charge in [-0.3, -0.25) is 9.59 Å². The first-order valence-corrected chi connectivity index (χ1v) is 9.30. The molecule has 1 aromatic heterocycles. The molecular formula is C19H17ClN2O2S. The Labute approximate surface area is 154 Å². The summed E-state index contributed by atoms with van der Waals surface area (Å²) in [6.07, 6.45) is 0. The lowest BCUT2D eigenvalue weighted by Gasteiger charge is -2.07. The van der Waals surface area contributed by atoms with Crippen molar-refractivity contribution in [2.45, 2.75) is 12.7 Å². The zero-order valence-corrected chi connectivity index (χ0v) is 15.2. The summed E-state index contributed by atoms with van der Waals surface area (Å²) in [4.78, 5) is 27.3. The van der Waals surface area contributed by atoms with Crippen LogP contribution < -0.4 is 10.7 Å². The first-order valence-electron chi connectivity index (χ1n) is 7.77. The lowest BCUT2D eigenvalue weighted by atomic mass is 10.2. The maximum absolute atomic E-state index is 12.2. The number of pyridine rings is 1. The molecule has 0 aliphatic heterocycles. The molecule has 0 aliphatic rings. The van der Waals surface area contributed by atoms with Gasteiger partial charge in [-0.15, -0.1) is 11.8 Å². The molecule has 0 spiro atoms. The van der Waals surface area contributed by atoms with E-state index in [1.165, 1.54) is 11.8 Å². The van der Waals surface area contributed by atoms with Gasteiger partial charge in [-0.25, -0.2) is 0 Å². The molecule has 4 nitrogen and oxygen atoms in total. The van der Waals surface area contributed by atoms with Gasteiger partial charge in [-0.05, 0) is 37.3 Å². The van der Waals surface area contributed by atoms with E-state index in [4.69, 9.17) is 11.6 Å². The Hall–Kier alpha value is -2.24. The van der Waals surface area contributed by atoms with E-state index >= 15 is 0 Å². The minimum absolute atomic E-state index is 0.0660. The highest BCUT2D eigenvalue weighted by Crippen LogP contribution is 2.17. The van der Waals surface area contributed by atoms with E-state index in [-0.39, 0.29) is 11.3 Å². The van der Waals surface area contributed by atoms with Crippen molar-refractivity contribution in [3.05, 3.63) is 75.0 Å². The van der Waals surface area contributed by atoms with Crippen molar-refractivity contribution in [1.29, 1.82) is 0 Å². The second-order valence-electron chi connectivity index (χ2n) is 5.76. The normalized spacial score (nSPS) is 10.8. The molecule has 0 fully saturated rings. The number of aryl methyl sites for hydroxylation is 1. The summed E-state index contributed by atoms with van der Waals surface area (Å²) in [6.45, 7) is 2.00. The van der Waals surface area contributed by atoms with Crippen LogP contribution in [-0.2, 0) is 10.5 Å². The van der Waals surface area contributed by atoms with Gasteiger partial charge in [0.25, 0.3) is 0 Å². The van der Waals surface area contributed by atoms with E-state index in [2.05, 4.69) is 10.3 Å². The Morgan fingerprint density at radius 1 is 1.16 bits per heavy atom. The monoisotopic (exact) mass is 372 g/mol. The number of aromatic amines is 1. The molecule has 0 bridgehead atoms.